The van der Waals surface area contributed by atoms with E-state index in [1.165, 1.54) is 32.1 Å². The molecule has 1 unspecified atom stereocenters. The highest BCUT2D eigenvalue weighted by molar-refractivity contribution is 7.45. The van der Waals surface area contributed by atoms with Gasteiger partial charge in [0.15, 0.2) is 6.10 Å². The number of allylic oxidation sites excluding steroid dienone is 18. The molecule has 0 aliphatic heterocycles. The van der Waals surface area contributed by atoms with Crippen LogP contribution in [0.1, 0.15) is 142 Å². The second-order valence-electron chi connectivity index (χ2n) is 15.7. The number of hydrogen-bond donors (Lipinski definition) is 0. The van der Waals surface area contributed by atoms with Crippen molar-refractivity contribution in [1.29, 1.82) is 0 Å². The molecule has 0 radical (unpaired) electrons. The van der Waals surface area contributed by atoms with Gasteiger partial charge >= 0.3 is 11.9 Å². The van der Waals surface area contributed by atoms with Gasteiger partial charge in [-0.25, -0.2) is 0 Å². The summed E-state index contributed by atoms with van der Waals surface area (Å²) in [6.07, 6.45) is 55.6. The smallest absolute Gasteiger partial charge is 0.306 e. The van der Waals surface area contributed by atoms with Crippen molar-refractivity contribution in [2.45, 2.75) is 148 Å². The molecule has 0 fully saturated rings. The van der Waals surface area contributed by atoms with Crippen LogP contribution in [0.4, 0.5) is 0 Å². The molecule has 0 aromatic heterocycles. The molecule has 0 saturated heterocycles. The quantitative estimate of drug-likeness (QED) is 0.0198. The SMILES string of the molecule is CCC/C=C/C/C=C/C/C=C/C/C=C/CCCCCC(=O)O[C@H](COC(=O)CC/C=C/C/C=C/C/C=C/C/C=C/C/C=C/CCCCC)COP(=O)([O-])OCC[N+](C)(C)C. The second-order valence-corrected chi connectivity index (χ2v) is 17.1. The van der Waals surface area contributed by atoms with Gasteiger partial charge < -0.3 is 27.9 Å². The van der Waals surface area contributed by atoms with E-state index in [1.807, 2.05) is 33.3 Å². The highest BCUT2D eigenvalue weighted by Gasteiger charge is 2.21. The van der Waals surface area contributed by atoms with Crippen LogP contribution >= 0.6 is 7.82 Å². The summed E-state index contributed by atoms with van der Waals surface area (Å²) >= 11 is 0. The van der Waals surface area contributed by atoms with Gasteiger partial charge in [-0.3, -0.25) is 14.2 Å². The molecular formula is C50H82NO8P. The summed E-state index contributed by atoms with van der Waals surface area (Å²) in [6.45, 7) is 3.97. The minimum absolute atomic E-state index is 0.0549. The van der Waals surface area contributed by atoms with Crippen molar-refractivity contribution < 1.29 is 42.1 Å². The van der Waals surface area contributed by atoms with E-state index >= 15 is 0 Å². The Morgan fingerprint density at radius 1 is 0.517 bits per heavy atom. The molecular weight excluding hydrogens is 774 g/mol. The molecule has 0 heterocycles. The average Bonchev–Trinajstić information content (AvgIpc) is 3.20. The van der Waals surface area contributed by atoms with E-state index < -0.39 is 32.5 Å². The number of phosphoric ester groups is 1. The Morgan fingerprint density at radius 3 is 1.43 bits per heavy atom. The minimum Gasteiger partial charge on any atom is -0.756 e. The molecule has 0 aliphatic carbocycles. The molecule has 10 heteroatoms. The third-order valence-electron chi connectivity index (χ3n) is 8.76. The Kier molecular flexibility index (Phi) is 38.8. The van der Waals surface area contributed by atoms with Crippen molar-refractivity contribution in [3.05, 3.63) is 109 Å². The van der Waals surface area contributed by atoms with E-state index in [0.717, 1.165) is 70.6 Å². The largest absolute Gasteiger partial charge is 0.756 e. The van der Waals surface area contributed by atoms with E-state index in [2.05, 4.69) is 111 Å². The molecule has 0 amide bonds. The van der Waals surface area contributed by atoms with Gasteiger partial charge in [-0.2, -0.15) is 0 Å². The molecule has 2 atom stereocenters. The van der Waals surface area contributed by atoms with E-state index in [-0.39, 0.29) is 26.1 Å². The first kappa shape index (κ1) is 56.7. The normalized spacial score (nSPS) is 14.6. The van der Waals surface area contributed by atoms with Crippen LogP contribution in [-0.2, 0) is 32.7 Å². The summed E-state index contributed by atoms with van der Waals surface area (Å²) in [5.41, 5.74) is 0. The van der Waals surface area contributed by atoms with Crippen molar-refractivity contribution in [2.75, 3.05) is 47.5 Å². The molecule has 0 aromatic carbocycles. The van der Waals surface area contributed by atoms with Crippen LogP contribution in [-0.4, -0.2) is 70.0 Å². The standard InChI is InChI=1S/C50H82NO8P/c1-6-8-10-12-14-16-18-20-22-24-25-27-28-30-32-34-36-38-40-42-49(52)56-46-48(47-58-60(54,55)57-45-44-51(3,4)5)59-50(53)43-41-39-37-35-33-31-29-26-23-21-19-17-15-13-11-9-7-2/h11,13-14,16-17,19-20,22-23,25-27,30-33,36,38,48H,6-10,12,15,18,21,24,28-29,34-35,37,39-47H2,1-5H3/b13-11+,16-14+,19-17+,22-20+,26-23+,27-25+,32-30+,33-31+,38-36+/t48-/m1/s1. The van der Waals surface area contributed by atoms with Crippen LogP contribution in [0.15, 0.2) is 109 Å². The number of rotatable bonds is 39. The van der Waals surface area contributed by atoms with Gasteiger partial charge in [0.05, 0.1) is 27.7 Å². The fourth-order valence-electron chi connectivity index (χ4n) is 5.21. The zero-order valence-electron chi connectivity index (χ0n) is 38.1. The molecule has 340 valence electrons. The number of unbranched alkanes of at least 4 members (excludes halogenated alkanes) is 7. The highest BCUT2D eigenvalue weighted by atomic mass is 31.2. The van der Waals surface area contributed by atoms with Crippen molar-refractivity contribution in [3.8, 4) is 0 Å². The number of hydrogen-bond acceptors (Lipinski definition) is 8. The summed E-state index contributed by atoms with van der Waals surface area (Å²) in [4.78, 5) is 37.5. The predicted molar refractivity (Wildman–Crippen MR) is 249 cm³/mol. The van der Waals surface area contributed by atoms with Crippen LogP contribution in [0.25, 0.3) is 0 Å². The van der Waals surface area contributed by atoms with Gasteiger partial charge in [0.25, 0.3) is 7.82 Å². The zero-order valence-corrected chi connectivity index (χ0v) is 39.0. The Balaban J connectivity index is 4.55. The highest BCUT2D eigenvalue weighted by Crippen LogP contribution is 2.38. The van der Waals surface area contributed by atoms with Crippen LogP contribution in [0.5, 0.6) is 0 Å². The predicted octanol–water partition coefficient (Wildman–Crippen LogP) is 12.5. The first-order valence-corrected chi connectivity index (χ1v) is 24.1. The maximum Gasteiger partial charge on any atom is 0.306 e. The Morgan fingerprint density at radius 2 is 0.967 bits per heavy atom. The lowest BCUT2D eigenvalue weighted by Crippen LogP contribution is -2.37. The van der Waals surface area contributed by atoms with Crippen LogP contribution < -0.4 is 4.89 Å². The van der Waals surface area contributed by atoms with E-state index in [1.54, 1.807) is 0 Å². The number of carbonyl (C=O) groups is 2. The molecule has 0 saturated carbocycles. The molecule has 0 spiro atoms. The summed E-state index contributed by atoms with van der Waals surface area (Å²) in [6, 6.07) is 0. The number of esters is 2. The lowest BCUT2D eigenvalue weighted by Gasteiger charge is -2.28. The van der Waals surface area contributed by atoms with Gasteiger partial charge in [-0.05, 0) is 89.9 Å². The molecule has 9 nitrogen and oxygen atoms in total. The summed E-state index contributed by atoms with van der Waals surface area (Å²) < 4.78 is 33.8. The monoisotopic (exact) mass is 856 g/mol. The van der Waals surface area contributed by atoms with Gasteiger partial charge in [0.2, 0.25) is 0 Å². The Bertz CT molecular complexity index is 1380. The number of likely N-dealkylation sites (N-methyl/N-ethyl adjacent to an activating group) is 1. The van der Waals surface area contributed by atoms with Crippen molar-refractivity contribution >= 4 is 19.8 Å². The molecule has 0 bridgehead atoms. The maximum atomic E-state index is 12.7. The van der Waals surface area contributed by atoms with Crippen LogP contribution in [0.3, 0.4) is 0 Å². The molecule has 0 N–H and O–H groups in total. The summed E-state index contributed by atoms with van der Waals surface area (Å²) in [7, 11) is 1.08. The summed E-state index contributed by atoms with van der Waals surface area (Å²) in [5, 5.41) is 0. The van der Waals surface area contributed by atoms with Crippen molar-refractivity contribution in [1.82, 2.24) is 0 Å². The fraction of sp³-hybridized carbons (Fsp3) is 0.600. The minimum atomic E-state index is -4.66. The first-order valence-electron chi connectivity index (χ1n) is 22.6. The van der Waals surface area contributed by atoms with E-state index in [9.17, 15) is 19.0 Å². The number of ether oxygens (including phenoxy) is 2. The average molecular weight is 856 g/mol. The molecule has 0 aliphatic rings. The number of carbonyl (C=O) groups excluding carboxylic acids is 2. The number of quaternary nitrogens is 1. The van der Waals surface area contributed by atoms with Crippen molar-refractivity contribution in [2.24, 2.45) is 0 Å². The lowest BCUT2D eigenvalue weighted by atomic mass is 10.1. The lowest BCUT2D eigenvalue weighted by molar-refractivity contribution is -0.870. The van der Waals surface area contributed by atoms with Gasteiger partial charge in [-0.1, -0.05) is 149 Å². The zero-order chi connectivity index (χ0) is 44.3. The van der Waals surface area contributed by atoms with Gasteiger partial charge in [0, 0.05) is 12.8 Å². The molecule has 60 heavy (non-hydrogen) atoms. The number of phosphoric acid groups is 1. The van der Waals surface area contributed by atoms with Crippen molar-refractivity contribution in [3.63, 3.8) is 0 Å². The fourth-order valence-corrected chi connectivity index (χ4v) is 5.94. The van der Waals surface area contributed by atoms with E-state index in [4.69, 9.17) is 18.5 Å². The second kappa shape index (κ2) is 41.0. The Labute approximate surface area is 366 Å². The van der Waals surface area contributed by atoms with Gasteiger partial charge in [0.1, 0.15) is 19.8 Å². The number of nitrogens with zero attached hydrogens (tertiary/aromatic N) is 1. The van der Waals surface area contributed by atoms with Gasteiger partial charge in [-0.15, -0.1) is 0 Å². The molecule has 0 aromatic rings. The van der Waals surface area contributed by atoms with Crippen LogP contribution in [0, 0.1) is 0 Å². The summed E-state index contributed by atoms with van der Waals surface area (Å²) in [5.74, 6) is -0.980. The maximum absolute atomic E-state index is 12.7. The topological polar surface area (TPSA) is 111 Å². The third-order valence-corrected chi connectivity index (χ3v) is 9.72. The first-order chi connectivity index (χ1) is 29.0. The van der Waals surface area contributed by atoms with Crippen LogP contribution in [0.2, 0.25) is 0 Å². The third kappa shape index (κ3) is 44.2. The van der Waals surface area contributed by atoms with E-state index in [0.29, 0.717) is 23.9 Å². The Hall–Kier alpha value is -3.33. The molecule has 0 rings (SSSR count).